The smallest absolute Gasteiger partial charge is 0.230 e. The van der Waals surface area contributed by atoms with Gasteiger partial charge in [0.15, 0.2) is 0 Å². The molecule has 1 saturated heterocycles. The van der Waals surface area contributed by atoms with Crippen LogP contribution in [0.3, 0.4) is 0 Å². The van der Waals surface area contributed by atoms with E-state index in [0.717, 1.165) is 11.1 Å². The second kappa shape index (κ2) is 7.82. The van der Waals surface area contributed by atoms with Crippen molar-refractivity contribution in [2.45, 2.75) is 25.4 Å². The third-order valence-electron chi connectivity index (χ3n) is 4.41. The molecule has 2 aromatic rings. The summed E-state index contributed by atoms with van der Waals surface area (Å²) in [6.07, 6.45) is 0.776. The first-order valence-corrected chi connectivity index (χ1v) is 8.71. The number of rotatable bonds is 4. The lowest BCUT2D eigenvalue weighted by atomic mass is 9.90. The molecule has 0 radical (unpaired) electrons. The van der Waals surface area contributed by atoms with Crippen LogP contribution in [0.25, 0.3) is 0 Å². The SMILES string of the molecule is CC1CN(C(=O)C(Cc2ccccc2)c2ccc(Cl)cc2)CCO1. The first-order valence-electron chi connectivity index (χ1n) is 8.33. The number of nitrogens with zero attached hydrogens (tertiary/aromatic N) is 1. The fourth-order valence-corrected chi connectivity index (χ4v) is 3.26. The number of carbonyl (C=O) groups excluding carboxylic acids is 1. The number of halogens is 1. The first-order chi connectivity index (χ1) is 11.6. The largest absolute Gasteiger partial charge is 0.375 e. The van der Waals surface area contributed by atoms with Crippen molar-refractivity contribution in [3.05, 3.63) is 70.7 Å². The van der Waals surface area contributed by atoms with E-state index >= 15 is 0 Å². The predicted molar refractivity (Wildman–Crippen MR) is 96.3 cm³/mol. The van der Waals surface area contributed by atoms with Crippen LogP contribution in [0, 0.1) is 0 Å². The van der Waals surface area contributed by atoms with Crippen LogP contribution < -0.4 is 0 Å². The summed E-state index contributed by atoms with van der Waals surface area (Å²) in [6, 6.07) is 17.8. The highest BCUT2D eigenvalue weighted by Gasteiger charge is 2.29. The van der Waals surface area contributed by atoms with E-state index in [4.69, 9.17) is 16.3 Å². The molecule has 24 heavy (non-hydrogen) atoms. The molecular weight excluding hydrogens is 322 g/mol. The molecule has 4 heteroatoms. The van der Waals surface area contributed by atoms with E-state index < -0.39 is 0 Å². The summed E-state index contributed by atoms with van der Waals surface area (Å²) in [5, 5.41) is 0.685. The monoisotopic (exact) mass is 343 g/mol. The van der Waals surface area contributed by atoms with Gasteiger partial charge in [-0.05, 0) is 36.6 Å². The topological polar surface area (TPSA) is 29.5 Å². The Balaban J connectivity index is 1.86. The Bertz CT molecular complexity index is 672. The minimum Gasteiger partial charge on any atom is -0.375 e. The lowest BCUT2D eigenvalue weighted by Gasteiger charge is -2.34. The molecule has 3 nitrogen and oxygen atoms in total. The zero-order chi connectivity index (χ0) is 16.9. The second-order valence-corrected chi connectivity index (χ2v) is 6.70. The molecule has 0 spiro atoms. The van der Waals surface area contributed by atoms with E-state index in [1.165, 1.54) is 0 Å². The number of benzene rings is 2. The summed E-state index contributed by atoms with van der Waals surface area (Å²) in [5.41, 5.74) is 2.17. The lowest BCUT2D eigenvalue weighted by Crippen LogP contribution is -2.46. The van der Waals surface area contributed by atoms with E-state index in [2.05, 4.69) is 12.1 Å². The zero-order valence-corrected chi connectivity index (χ0v) is 14.6. The van der Waals surface area contributed by atoms with E-state index in [0.29, 0.717) is 31.1 Å². The van der Waals surface area contributed by atoms with Gasteiger partial charge in [0.1, 0.15) is 0 Å². The molecule has 1 aliphatic heterocycles. The third-order valence-corrected chi connectivity index (χ3v) is 4.66. The molecule has 126 valence electrons. The van der Waals surface area contributed by atoms with Crippen LogP contribution >= 0.6 is 11.6 Å². The molecule has 2 aromatic carbocycles. The van der Waals surface area contributed by atoms with Gasteiger partial charge in [-0.25, -0.2) is 0 Å². The third kappa shape index (κ3) is 4.16. The van der Waals surface area contributed by atoms with Crippen molar-refractivity contribution in [1.29, 1.82) is 0 Å². The minimum absolute atomic E-state index is 0.0882. The average Bonchev–Trinajstić information content (AvgIpc) is 2.61. The number of morpholine rings is 1. The van der Waals surface area contributed by atoms with Crippen molar-refractivity contribution in [3.63, 3.8) is 0 Å². The maximum atomic E-state index is 13.2. The van der Waals surface area contributed by atoms with E-state index in [9.17, 15) is 4.79 Å². The minimum atomic E-state index is -0.199. The van der Waals surface area contributed by atoms with Gasteiger partial charge in [-0.15, -0.1) is 0 Å². The van der Waals surface area contributed by atoms with E-state index in [1.807, 2.05) is 54.3 Å². The number of hydrogen-bond acceptors (Lipinski definition) is 2. The molecule has 1 heterocycles. The van der Waals surface area contributed by atoms with Gasteiger partial charge in [-0.3, -0.25) is 4.79 Å². The number of hydrogen-bond donors (Lipinski definition) is 0. The Kier molecular flexibility index (Phi) is 5.54. The van der Waals surface area contributed by atoms with Gasteiger partial charge in [0.25, 0.3) is 0 Å². The Labute approximate surface area is 148 Å². The van der Waals surface area contributed by atoms with E-state index in [-0.39, 0.29) is 17.9 Å². The first kappa shape index (κ1) is 17.0. The normalized spacial score (nSPS) is 19.1. The van der Waals surface area contributed by atoms with Crippen LogP contribution in [0.5, 0.6) is 0 Å². The summed E-state index contributed by atoms with van der Waals surface area (Å²) in [4.78, 5) is 15.1. The molecule has 2 atom stereocenters. The molecular formula is C20H22ClNO2. The maximum absolute atomic E-state index is 13.2. The molecule has 0 saturated carbocycles. The molecule has 2 unspecified atom stereocenters. The van der Waals surface area contributed by atoms with Gasteiger partial charge in [0.05, 0.1) is 18.6 Å². The summed E-state index contributed by atoms with van der Waals surface area (Å²) in [5.74, 6) is -0.0358. The predicted octanol–water partition coefficient (Wildman–Crippen LogP) is 3.91. The average molecular weight is 344 g/mol. The Morgan fingerprint density at radius 1 is 1.21 bits per heavy atom. The second-order valence-electron chi connectivity index (χ2n) is 6.26. The van der Waals surface area contributed by atoms with Gasteiger partial charge < -0.3 is 9.64 Å². The molecule has 3 rings (SSSR count). The fraction of sp³-hybridized carbons (Fsp3) is 0.350. The van der Waals surface area contributed by atoms with Crippen LogP contribution in [0.15, 0.2) is 54.6 Å². The Morgan fingerprint density at radius 2 is 1.92 bits per heavy atom. The Hall–Kier alpha value is -1.84. The molecule has 0 aromatic heterocycles. The van der Waals surface area contributed by atoms with Gasteiger partial charge in [0.2, 0.25) is 5.91 Å². The van der Waals surface area contributed by atoms with Crippen molar-refractivity contribution in [3.8, 4) is 0 Å². The van der Waals surface area contributed by atoms with Gasteiger partial charge in [-0.2, -0.15) is 0 Å². The molecule has 0 aliphatic carbocycles. The quantitative estimate of drug-likeness (QED) is 0.842. The number of carbonyl (C=O) groups is 1. The highest BCUT2D eigenvalue weighted by Crippen LogP contribution is 2.26. The zero-order valence-electron chi connectivity index (χ0n) is 13.8. The van der Waals surface area contributed by atoms with Gasteiger partial charge in [-0.1, -0.05) is 54.1 Å². The van der Waals surface area contributed by atoms with Crippen LogP contribution in [0.4, 0.5) is 0 Å². The lowest BCUT2D eigenvalue weighted by molar-refractivity contribution is -0.139. The fourth-order valence-electron chi connectivity index (χ4n) is 3.13. The number of amides is 1. The van der Waals surface area contributed by atoms with Crippen LogP contribution in [0.1, 0.15) is 24.0 Å². The van der Waals surface area contributed by atoms with Crippen molar-refractivity contribution in [1.82, 2.24) is 4.90 Å². The summed E-state index contributed by atoms with van der Waals surface area (Å²) < 4.78 is 5.57. The highest BCUT2D eigenvalue weighted by molar-refractivity contribution is 6.30. The molecule has 1 amide bonds. The van der Waals surface area contributed by atoms with Crippen LogP contribution in [0.2, 0.25) is 5.02 Å². The summed E-state index contributed by atoms with van der Waals surface area (Å²) >= 11 is 6.01. The van der Waals surface area contributed by atoms with Gasteiger partial charge >= 0.3 is 0 Å². The molecule has 0 bridgehead atoms. The Morgan fingerprint density at radius 3 is 2.58 bits per heavy atom. The standard InChI is InChI=1S/C20H22ClNO2/c1-15-14-22(11-12-24-15)20(23)19(13-16-5-3-2-4-6-16)17-7-9-18(21)10-8-17/h2-10,15,19H,11-14H2,1H3. The van der Waals surface area contributed by atoms with Gasteiger partial charge in [0, 0.05) is 18.1 Å². The molecule has 1 aliphatic rings. The van der Waals surface area contributed by atoms with Crippen molar-refractivity contribution >= 4 is 17.5 Å². The summed E-state index contributed by atoms with van der Waals surface area (Å²) in [7, 11) is 0. The summed E-state index contributed by atoms with van der Waals surface area (Å²) in [6.45, 7) is 3.92. The van der Waals surface area contributed by atoms with Crippen molar-refractivity contribution in [2.75, 3.05) is 19.7 Å². The molecule has 0 N–H and O–H groups in total. The van der Waals surface area contributed by atoms with E-state index in [1.54, 1.807) is 0 Å². The number of ether oxygens (including phenoxy) is 1. The highest BCUT2D eigenvalue weighted by atomic mass is 35.5. The molecule has 1 fully saturated rings. The van der Waals surface area contributed by atoms with Crippen molar-refractivity contribution in [2.24, 2.45) is 0 Å². The van der Waals surface area contributed by atoms with Crippen LogP contribution in [-0.2, 0) is 16.0 Å². The van der Waals surface area contributed by atoms with Crippen molar-refractivity contribution < 1.29 is 9.53 Å². The van der Waals surface area contributed by atoms with Crippen LogP contribution in [-0.4, -0.2) is 36.6 Å². The maximum Gasteiger partial charge on any atom is 0.230 e.